The molecular weight excluding hydrogens is 410 g/mol. The molecule has 0 aliphatic rings. The number of carbonyl (C=O) groups excluding carboxylic acids is 1. The molecule has 29 heavy (non-hydrogen) atoms. The number of aromatic hydroxyl groups is 1. The zero-order valence-corrected chi connectivity index (χ0v) is 16.4. The molecule has 0 unspecified atom stereocenters. The lowest BCUT2D eigenvalue weighted by Crippen LogP contribution is -2.34. The number of fused-ring (bicyclic) bond motifs is 1. The molecule has 4 rings (SSSR count). The van der Waals surface area contributed by atoms with Gasteiger partial charge in [0, 0.05) is 5.69 Å². The van der Waals surface area contributed by atoms with E-state index in [0.717, 1.165) is 0 Å². The zero-order chi connectivity index (χ0) is 20.4. The fourth-order valence-corrected chi connectivity index (χ4v) is 3.18. The molecule has 0 saturated heterocycles. The highest BCUT2D eigenvalue weighted by Gasteiger charge is 2.15. The van der Waals surface area contributed by atoms with Gasteiger partial charge in [-0.15, -0.1) is 0 Å². The number of para-hydroxylation sites is 2. The fourth-order valence-electron chi connectivity index (χ4n) is 2.75. The normalized spacial score (nSPS) is 10.7. The molecule has 0 saturated carbocycles. The number of nitrogens with one attached hydrogen (secondary N) is 2. The Hall–Kier alpha value is -3.42. The van der Waals surface area contributed by atoms with Crippen molar-refractivity contribution in [1.29, 1.82) is 0 Å². The predicted molar refractivity (Wildman–Crippen MR) is 116 cm³/mol. The summed E-state index contributed by atoms with van der Waals surface area (Å²) in [6.07, 6.45) is 0. The third-order valence-corrected chi connectivity index (χ3v) is 4.66. The SMILES string of the molecule is O=C(NC(=S)Nc1ccc(O)c(-c2nc3ccccc3o2)c1)c1ccccc1Cl. The van der Waals surface area contributed by atoms with Gasteiger partial charge in [-0.1, -0.05) is 35.9 Å². The second-order valence-electron chi connectivity index (χ2n) is 6.11. The largest absolute Gasteiger partial charge is 0.507 e. The molecule has 1 aromatic heterocycles. The van der Waals surface area contributed by atoms with Gasteiger partial charge in [-0.05, 0) is 54.7 Å². The molecule has 144 valence electrons. The first-order chi connectivity index (χ1) is 14.0. The van der Waals surface area contributed by atoms with Crippen LogP contribution in [0, 0.1) is 0 Å². The number of hydrogen-bond donors (Lipinski definition) is 3. The summed E-state index contributed by atoms with van der Waals surface area (Å²) >= 11 is 11.2. The van der Waals surface area contributed by atoms with Gasteiger partial charge in [0.2, 0.25) is 5.89 Å². The lowest BCUT2D eigenvalue weighted by molar-refractivity contribution is 0.0978. The smallest absolute Gasteiger partial charge is 0.258 e. The average molecular weight is 424 g/mol. The van der Waals surface area contributed by atoms with Crippen LogP contribution in [0.4, 0.5) is 5.69 Å². The molecule has 6 nitrogen and oxygen atoms in total. The van der Waals surface area contributed by atoms with Crippen molar-refractivity contribution in [1.82, 2.24) is 10.3 Å². The van der Waals surface area contributed by atoms with E-state index in [1.165, 1.54) is 6.07 Å². The van der Waals surface area contributed by atoms with Crippen molar-refractivity contribution in [2.75, 3.05) is 5.32 Å². The Balaban J connectivity index is 1.53. The van der Waals surface area contributed by atoms with E-state index in [-0.39, 0.29) is 16.8 Å². The standard InChI is InChI=1S/C21H14ClN3O3S/c22-15-6-2-1-5-13(15)19(27)25-21(29)23-12-9-10-17(26)14(11-12)20-24-16-7-3-4-8-18(16)28-20/h1-11,26H,(H2,23,25,27,29). The molecule has 1 amide bonds. The van der Waals surface area contributed by atoms with Gasteiger partial charge in [0.15, 0.2) is 10.7 Å². The Labute approximate surface area is 176 Å². The average Bonchev–Trinajstić information content (AvgIpc) is 3.13. The maximum atomic E-state index is 12.3. The van der Waals surface area contributed by atoms with Crippen LogP contribution >= 0.6 is 23.8 Å². The summed E-state index contributed by atoms with van der Waals surface area (Å²) < 4.78 is 5.71. The highest BCUT2D eigenvalue weighted by Crippen LogP contribution is 2.33. The summed E-state index contributed by atoms with van der Waals surface area (Å²) in [4.78, 5) is 16.7. The third kappa shape index (κ3) is 4.06. The second kappa shape index (κ2) is 7.90. The summed E-state index contributed by atoms with van der Waals surface area (Å²) in [5.41, 5.74) is 2.55. The van der Waals surface area contributed by atoms with Crippen LogP contribution in [-0.4, -0.2) is 21.1 Å². The number of benzene rings is 3. The molecule has 0 aliphatic heterocycles. The first kappa shape index (κ1) is 18.9. The number of carbonyl (C=O) groups is 1. The third-order valence-electron chi connectivity index (χ3n) is 4.12. The number of anilines is 1. The van der Waals surface area contributed by atoms with E-state index in [2.05, 4.69) is 15.6 Å². The number of aromatic nitrogens is 1. The number of halogens is 1. The molecule has 1 heterocycles. The summed E-state index contributed by atoms with van der Waals surface area (Å²) in [5.74, 6) is -0.141. The summed E-state index contributed by atoms with van der Waals surface area (Å²) in [6, 6.07) is 18.7. The molecule has 0 spiro atoms. The van der Waals surface area contributed by atoms with Crippen molar-refractivity contribution in [3.8, 4) is 17.2 Å². The van der Waals surface area contributed by atoms with Gasteiger partial charge in [-0.3, -0.25) is 10.1 Å². The molecule has 0 radical (unpaired) electrons. The quantitative estimate of drug-likeness (QED) is 0.318. The summed E-state index contributed by atoms with van der Waals surface area (Å²) in [6.45, 7) is 0. The maximum Gasteiger partial charge on any atom is 0.258 e. The van der Waals surface area contributed by atoms with E-state index >= 15 is 0 Å². The van der Waals surface area contributed by atoms with E-state index in [9.17, 15) is 9.90 Å². The Morgan fingerprint density at radius 1 is 1.07 bits per heavy atom. The van der Waals surface area contributed by atoms with Gasteiger partial charge in [0.25, 0.3) is 5.91 Å². The monoisotopic (exact) mass is 423 g/mol. The number of oxazole rings is 1. The molecule has 3 N–H and O–H groups in total. The molecule has 0 aliphatic carbocycles. The molecule has 8 heteroatoms. The van der Waals surface area contributed by atoms with Crippen LogP contribution in [0.5, 0.6) is 5.75 Å². The molecule has 3 aromatic carbocycles. The van der Waals surface area contributed by atoms with Gasteiger partial charge in [0.1, 0.15) is 11.3 Å². The van der Waals surface area contributed by atoms with Crippen LogP contribution < -0.4 is 10.6 Å². The number of thiocarbonyl (C=S) groups is 1. The van der Waals surface area contributed by atoms with Gasteiger partial charge >= 0.3 is 0 Å². The van der Waals surface area contributed by atoms with Crippen LogP contribution in [0.15, 0.2) is 71.1 Å². The first-order valence-corrected chi connectivity index (χ1v) is 9.36. The molecule has 0 bridgehead atoms. The Kier molecular flexibility index (Phi) is 5.16. The van der Waals surface area contributed by atoms with E-state index in [1.54, 1.807) is 42.5 Å². The number of nitrogens with zero attached hydrogens (tertiary/aromatic N) is 1. The van der Waals surface area contributed by atoms with Gasteiger partial charge in [-0.2, -0.15) is 0 Å². The van der Waals surface area contributed by atoms with Crippen LogP contribution in [0.1, 0.15) is 10.4 Å². The van der Waals surface area contributed by atoms with Crippen LogP contribution in [0.3, 0.4) is 0 Å². The van der Waals surface area contributed by atoms with Gasteiger partial charge in [-0.25, -0.2) is 4.98 Å². The van der Waals surface area contributed by atoms with E-state index in [4.69, 9.17) is 28.2 Å². The van der Waals surface area contributed by atoms with Crippen molar-refractivity contribution in [2.45, 2.75) is 0 Å². The van der Waals surface area contributed by atoms with Crippen molar-refractivity contribution in [3.63, 3.8) is 0 Å². The number of rotatable bonds is 3. The Bertz CT molecular complexity index is 1210. The van der Waals surface area contributed by atoms with Crippen molar-refractivity contribution < 1.29 is 14.3 Å². The first-order valence-electron chi connectivity index (χ1n) is 8.57. The lowest BCUT2D eigenvalue weighted by atomic mass is 10.1. The highest BCUT2D eigenvalue weighted by molar-refractivity contribution is 7.80. The number of phenols is 1. The van der Waals surface area contributed by atoms with E-state index in [1.807, 2.05) is 18.2 Å². The van der Waals surface area contributed by atoms with Crippen molar-refractivity contribution >= 4 is 51.6 Å². The van der Waals surface area contributed by atoms with Gasteiger partial charge in [0.05, 0.1) is 16.1 Å². The molecule has 4 aromatic rings. The fraction of sp³-hybridized carbons (Fsp3) is 0. The number of phenolic OH excluding ortho intramolecular Hbond substituents is 1. The van der Waals surface area contributed by atoms with Crippen molar-refractivity contribution in [3.05, 3.63) is 77.3 Å². The van der Waals surface area contributed by atoms with Crippen LogP contribution in [0.2, 0.25) is 5.02 Å². The zero-order valence-electron chi connectivity index (χ0n) is 14.8. The Morgan fingerprint density at radius 3 is 2.62 bits per heavy atom. The van der Waals surface area contributed by atoms with Crippen LogP contribution in [0.25, 0.3) is 22.6 Å². The topological polar surface area (TPSA) is 87.4 Å². The molecule has 0 fully saturated rings. The summed E-state index contributed by atoms with van der Waals surface area (Å²) in [5, 5.41) is 16.1. The van der Waals surface area contributed by atoms with Gasteiger partial charge < -0.3 is 14.8 Å². The lowest BCUT2D eigenvalue weighted by Gasteiger charge is -2.11. The van der Waals surface area contributed by atoms with E-state index < -0.39 is 5.91 Å². The summed E-state index contributed by atoms with van der Waals surface area (Å²) in [7, 11) is 0. The predicted octanol–water partition coefficient (Wildman–Crippen LogP) is 4.98. The van der Waals surface area contributed by atoms with Crippen molar-refractivity contribution in [2.24, 2.45) is 0 Å². The number of hydrogen-bond acceptors (Lipinski definition) is 5. The minimum Gasteiger partial charge on any atom is -0.507 e. The maximum absolute atomic E-state index is 12.3. The Morgan fingerprint density at radius 2 is 1.83 bits per heavy atom. The highest BCUT2D eigenvalue weighted by atomic mass is 35.5. The number of amides is 1. The van der Waals surface area contributed by atoms with Crippen LogP contribution in [-0.2, 0) is 0 Å². The second-order valence-corrected chi connectivity index (χ2v) is 6.92. The molecular formula is C21H14ClN3O3S. The minimum atomic E-state index is -0.425. The molecule has 0 atom stereocenters. The van der Waals surface area contributed by atoms with E-state index in [0.29, 0.717) is 32.9 Å². The minimum absolute atomic E-state index is 0.00753.